The number of rotatable bonds is 3. The van der Waals surface area contributed by atoms with E-state index in [0.29, 0.717) is 16.1 Å². The van der Waals surface area contributed by atoms with Crippen LogP contribution in [-0.4, -0.2) is 9.97 Å². The number of benzene rings is 1. The highest BCUT2D eigenvalue weighted by Crippen LogP contribution is 2.29. The minimum absolute atomic E-state index is 0.0263. The van der Waals surface area contributed by atoms with Crippen LogP contribution in [0.5, 0.6) is 5.88 Å². The molecule has 0 spiro atoms. The van der Waals surface area contributed by atoms with E-state index in [4.69, 9.17) is 16.3 Å². The van der Waals surface area contributed by atoms with Gasteiger partial charge in [0.2, 0.25) is 5.88 Å². The molecule has 2 heterocycles. The molecule has 3 nitrogen and oxygen atoms in total. The first-order valence-corrected chi connectivity index (χ1v) is 7.02. The molecule has 0 aliphatic carbocycles. The molecule has 1 aromatic carbocycles. The van der Waals surface area contributed by atoms with Crippen molar-refractivity contribution in [1.29, 1.82) is 0 Å². The molecule has 0 radical (unpaired) electrons. The van der Waals surface area contributed by atoms with E-state index in [2.05, 4.69) is 9.97 Å². The summed E-state index contributed by atoms with van der Waals surface area (Å²) in [6, 6.07) is 10.7. The first kappa shape index (κ1) is 15.6. The molecular formula is C16H10ClF3N2O. The van der Waals surface area contributed by atoms with Gasteiger partial charge in [0.05, 0.1) is 5.52 Å². The number of nitrogens with zero attached hydrogens (tertiary/aromatic N) is 2. The summed E-state index contributed by atoms with van der Waals surface area (Å²) < 4.78 is 43.3. The molecule has 0 saturated heterocycles. The average Bonchev–Trinajstić information content (AvgIpc) is 2.53. The normalized spacial score (nSPS) is 11.7. The van der Waals surface area contributed by atoms with E-state index in [-0.39, 0.29) is 12.5 Å². The van der Waals surface area contributed by atoms with Gasteiger partial charge in [0, 0.05) is 28.2 Å². The number of hydrogen-bond donors (Lipinski definition) is 0. The summed E-state index contributed by atoms with van der Waals surface area (Å²) in [7, 11) is 0. The molecule has 0 unspecified atom stereocenters. The first-order chi connectivity index (χ1) is 10.9. The Balaban J connectivity index is 1.88. The molecular weight excluding hydrogens is 329 g/mol. The summed E-state index contributed by atoms with van der Waals surface area (Å²) in [5.74, 6) is -0.121. The zero-order valence-electron chi connectivity index (χ0n) is 11.6. The minimum atomic E-state index is -4.52. The van der Waals surface area contributed by atoms with Crippen molar-refractivity contribution in [2.24, 2.45) is 0 Å². The molecule has 0 aliphatic heterocycles. The molecule has 118 valence electrons. The van der Waals surface area contributed by atoms with Crippen LogP contribution < -0.4 is 4.74 Å². The third-order valence-electron chi connectivity index (χ3n) is 3.20. The lowest BCUT2D eigenvalue weighted by atomic mass is 10.1. The molecule has 23 heavy (non-hydrogen) atoms. The fraction of sp³-hybridized carbons (Fsp3) is 0.125. The molecule has 2 aromatic heterocycles. The van der Waals surface area contributed by atoms with Gasteiger partial charge in [0.15, 0.2) is 0 Å². The Labute approximate surface area is 134 Å². The highest BCUT2D eigenvalue weighted by atomic mass is 35.5. The summed E-state index contributed by atoms with van der Waals surface area (Å²) in [6.07, 6.45) is -2.90. The predicted octanol–water partition coefficient (Wildman–Crippen LogP) is 4.88. The van der Waals surface area contributed by atoms with Crippen LogP contribution in [0.1, 0.15) is 11.3 Å². The fourth-order valence-corrected chi connectivity index (χ4v) is 2.32. The molecule has 0 aliphatic rings. The van der Waals surface area contributed by atoms with Gasteiger partial charge in [-0.3, -0.25) is 4.98 Å². The molecule has 0 bridgehead atoms. The second kappa shape index (κ2) is 6.04. The van der Waals surface area contributed by atoms with Gasteiger partial charge in [-0.2, -0.15) is 13.2 Å². The zero-order valence-corrected chi connectivity index (χ0v) is 12.4. The Morgan fingerprint density at radius 3 is 2.65 bits per heavy atom. The predicted molar refractivity (Wildman–Crippen MR) is 80.3 cm³/mol. The third kappa shape index (κ3) is 3.37. The maximum atomic E-state index is 12.7. The number of ether oxygens (including phenoxy) is 1. The van der Waals surface area contributed by atoms with Gasteiger partial charge < -0.3 is 4.74 Å². The lowest BCUT2D eigenvalue weighted by molar-refractivity contribution is -0.141. The SMILES string of the molecule is FC(F)(F)c1cccc(OCc2c(Cl)ccc3cccnc23)n1. The van der Waals surface area contributed by atoms with Gasteiger partial charge >= 0.3 is 6.18 Å². The smallest absolute Gasteiger partial charge is 0.433 e. The van der Waals surface area contributed by atoms with Crippen LogP contribution in [0.2, 0.25) is 5.02 Å². The van der Waals surface area contributed by atoms with E-state index in [1.807, 2.05) is 12.1 Å². The lowest BCUT2D eigenvalue weighted by Crippen LogP contribution is -2.09. The molecule has 0 saturated carbocycles. The van der Waals surface area contributed by atoms with Crippen molar-refractivity contribution in [1.82, 2.24) is 9.97 Å². The quantitative estimate of drug-likeness (QED) is 0.682. The first-order valence-electron chi connectivity index (χ1n) is 6.64. The summed E-state index contributed by atoms with van der Waals surface area (Å²) in [5, 5.41) is 1.30. The maximum absolute atomic E-state index is 12.7. The van der Waals surface area contributed by atoms with Crippen molar-refractivity contribution in [2.75, 3.05) is 0 Å². The zero-order chi connectivity index (χ0) is 16.4. The number of alkyl halides is 3. The van der Waals surface area contributed by atoms with Crippen molar-refractivity contribution in [3.63, 3.8) is 0 Å². The van der Waals surface area contributed by atoms with Crippen LogP contribution in [0.4, 0.5) is 13.2 Å². The van der Waals surface area contributed by atoms with E-state index in [0.717, 1.165) is 11.5 Å². The van der Waals surface area contributed by atoms with E-state index in [1.54, 1.807) is 18.3 Å². The van der Waals surface area contributed by atoms with Crippen LogP contribution in [0.3, 0.4) is 0 Å². The lowest BCUT2D eigenvalue weighted by Gasteiger charge is -2.11. The van der Waals surface area contributed by atoms with Crippen molar-refractivity contribution in [3.05, 3.63) is 64.9 Å². The number of halogens is 4. The Morgan fingerprint density at radius 1 is 1.04 bits per heavy atom. The Bertz CT molecular complexity index is 852. The van der Waals surface area contributed by atoms with Crippen LogP contribution in [-0.2, 0) is 12.8 Å². The highest BCUT2D eigenvalue weighted by Gasteiger charge is 2.32. The summed E-state index contributed by atoms with van der Waals surface area (Å²) in [5.41, 5.74) is 0.244. The second-order valence-electron chi connectivity index (χ2n) is 4.75. The number of fused-ring (bicyclic) bond motifs is 1. The Kier molecular flexibility index (Phi) is 4.09. The monoisotopic (exact) mass is 338 g/mol. The van der Waals surface area contributed by atoms with Crippen molar-refractivity contribution in [3.8, 4) is 5.88 Å². The van der Waals surface area contributed by atoms with Crippen LogP contribution in [0, 0.1) is 0 Å². The number of aromatic nitrogens is 2. The maximum Gasteiger partial charge on any atom is 0.433 e. The fourth-order valence-electron chi connectivity index (χ4n) is 2.12. The number of pyridine rings is 2. The summed E-state index contributed by atoms with van der Waals surface area (Å²) in [6.45, 7) is -0.0263. The Morgan fingerprint density at radius 2 is 1.87 bits per heavy atom. The van der Waals surface area contributed by atoms with Crippen molar-refractivity contribution in [2.45, 2.75) is 12.8 Å². The molecule has 3 rings (SSSR count). The Hall–Kier alpha value is -2.34. The van der Waals surface area contributed by atoms with Gasteiger partial charge in [0.25, 0.3) is 0 Å². The topological polar surface area (TPSA) is 35.0 Å². The van der Waals surface area contributed by atoms with E-state index in [9.17, 15) is 13.2 Å². The average molecular weight is 339 g/mol. The van der Waals surface area contributed by atoms with E-state index in [1.165, 1.54) is 12.1 Å². The largest absolute Gasteiger partial charge is 0.473 e. The van der Waals surface area contributed by atoms with Crippen LogP contribution in [0.15, 0.2) is 48.7 Å². The van der Waals surface area contributed by atoms with Gasteiger partial charge in [-0.1, -0.05) is 29.8 Å². The van der Waals surface area contributed by atoms with Gasteiger partial charge in [0.1, 0.15) is 12.3 Å². The third-order valence-corrected chi connectivity index (χ3v) is 3.55. The van der Waals surface area contributed by atoms with Crippen LogP contribution in [0.25, 0.3) is 10.9 Å². The van der Waals surface area contributed by atoms with Crippen LogP contribution >= 0.6 is 11.6 Å². The second-order valence-corrected chi connectivity index (χ2v) is 5.16. The summed E-state index contributed by atoms with van der Waals surface area (Å²) >= 11 is 6.15. The molecule has 0 amide bonds. The van der Waals surface area contributed by atoms with Gasteiger partial charge in [-0.25, -0.2) is 4.98 Å². The van der Waals surface area contributed by atoms with Gasteiger partial charge in [-0.05, 0) is 18.2 Å². The van der Waals surface area contributed by atoms with E-state index >= 15 is 0 Å². The molecule has 0 atom stereocenters. The minimum Gasteiger partial charge on any atom is -0.473 e. The van der Waals surface area contributed by atoms with E-state index < -0.39 is 11.9 Å². The van der Waals surface area contributed by atoms with Crippen molar-refractivity contribution >= 4 is 22.5 Å². The number of hydrogen-bond acceptors (Lipinski definition) is 3. The molecule has 0 fully saturated rings. The van der Waals surface area contributed by atoms with Crippen molar-refractivity contribution < 1.29 is 17.9 Å². The molecule has 3 aromatic rings. The summed E-state index contributed by atoms with van der Waals surface area (Å²) in [4.78, 5) is 7.70. The standard InChI is InChI=1S/C16H10ClF3N2O/c17-12-7-6-10-3-2-8-21-15(10)11(12)9-23-14-5-1-4-13(22-14)16(18,19)20/h1-8H,9H2. The molecule has 0 N–H and O–H groups in total. The molecule has 7 heteroatoms. The highest BCUT2D eigenvalue weighted by molar-refractivity contribution is 6.32. The van der Waals surface area contributed by atoms with Gasteiger partial charge in [-0.15, -0.1) is 0 Å².